The molecule has 0 spiro atoms. The van der Waals surface area contributed by atoms with Crippen molar-refractivity contribution in [2.45, 2.75) is 26.8 Å². The number of amides is 1. The smallest absolute Gasteiger partial charge is 0.296 e. The van der Waals surface area contributed by atoms with E-state index in [9.17, 15) is 9.59 Å². The molecule has 1 N–H and O–H groups in total. The van der Waals surface area contributed by atoms with Gasteiger partial charge in [0.2, 0.25) is 0 Å². The number of ketones is 1. The van der Waals surface area contributed by atoms with Gasteiger partial charge in [0.15, 0.2) is 0 Å². The molecule has 0 saturated heterocycles. The van der Waals surface area contributed by atoms with Gasteiger partial charge in [0.1, 0.15) is 0 Å². The van der Waals surface area contributed by atoms with Gasteiger partial charge < -0.3 is 10.2 Å². The van der Waals surface area contributed by atoms with Gasteiger partial charge in [-0.2, -0.15) is 0 Å². The number of hydrogen-bond acceptors (Lipinski definition) is 3. The van der Waals surface area contributed by atoms with Crippen molar-refractivity contribution < 1.29 is 9.59 Å². The zero-order chi connectivity index (χ0) is 14.3. The predicted octanol–water partition coefficient (Wildman–Crippen LogP) is 3.06. The van der Waals surface area contributed by atoms with Gasteiger partial charge in [0, 0.05) is 17.6 Å². The Morgan fingerprint density at radius 3 is 2.42 bits per heavy atom. The number of benzene rings is 1. The minimum absolute atomic E-state index is 0.349. The van der Waals surface area contributed by atoms with E-state index in [1.165, 1.54) is 0 Å². The van der Waals surface area contributed by atoms with Crippen molar-refractivity contribution in [3.05, 3.63) is 22.2 Å². The number of carbonyl (C=O) groups is 2. The van der Waals surface area contributed by atoms with Crippen LogP contribution in [0.25, 0.3) is 0 Å². The summed E-state index contributed by atoms with van der Waals surface area (Å²) >= 11 is 3.48. The summed E-state index contributed by atoms with van der Waals surface area (Å²) in [6.07, 6.45) is 0. The summed E-state index contributed by atoms with van der Waals surface area (Å²) in [5.74, 6) is -0.526. The van der Waals surface area contributed by atoms with E-state index in [4.69, 9.17) is 0 Å². The molecule has 0 aromatic heterocycles. The standard InChI is InChI=1S/C14H17BrN2O2/c1-7(2)8(3)17(4)12-6-11-9(5-10(12)15)13(18)14(19)16-11/h5-8H,1-4H3,(H,16,18,19). The number of carbonyl (C=O) groups excluding carboxylic acids is 2. The van der Waals surface area contributed by atoms with Gasteiger partial charge in [-0.05, 0) is 40.9 Å². The van der Waals surface area contributed by atoms with Crippen LogP contribution in [0.5, 0.6) is 0 Å². The van der Waals surface area contributed by atoms with Gasteiger partial charge in [0.25, 0.3) is 11.7 Å². The van der Waals surface area contributed by atoms with Gasteiger partial charge in [0.05, 0.1) is 16.9 Å². The minimum atomic E-state index is -0.557. The van der Waals surface area contributed by atoms with E-state index in [1.807, 2.05) is 13.1 Å². The Hall–Kier alpha value is -1.36. The van der Waals surface area contributed by atoms with Crippen molar-refractivity contribution in [2.24, 2.45) is 5.92 Å². The summed E-state index contributed by atoms with van der Waals surface area (Å²) < 4.78 is 0.825. The van der Waals surface area contributed by atoms with Crippen LogP contribution in [0.1, 0.15) is 31.1 Å². The molecule has 0 saturated carbocycles. The second kappa shape index (κ2) is 4.96. The lowest BCUT2D eigenvalue weighted by Crippen LogP contribution is -2.33. The molecule has 1 heterocycles. The van der Waals surface area contributed by atoms with E-state index in [0.29, 0.717) is 23.2 Å². The first kappa shape index (κ1) is 14.1. The highest BCUT2D eigenvalue weighted by Gasteiger charge is 2.30. The number of rotatable bonds is 3. The van der Waals surface area contributed by atoms with Crippen LogP contribution in [0.3, 0.4) is 0 Å². The predicted molar refractivity (Wildman–Crippen MR) is 79.8 cm³/mol. The van der Waals surface area contributed by atoms with Crippen LogP contribution in [0.2, 0.25) is 0 Å². The molecule has 1 atom stereocenters. The molecular formula is C14H17BrN2O2. The molecule has 19 heavy (non-hydrogen) atoms. The topological polar surface area (TPSA) is 49.4 Å². The Bertz CT molecular complexity index is 555. The molecule has 1 aromatic rings. The molecule has 2 rings (SSSR count). The van der Waals surface area contributed by atoms with E-state index < -0.39 is 11.7 Å². The SMILES string of the molecule is CC(C)C(C)N(C)c1cc2c(cc1Br)C(=O)C(=O)N2. The molecule has 0 radical (unpaired) electrons. The molecule has 0 bridgehead atoms. The fourth-order valence-corrected chi connectivity index (χ4v) is 2.71. The number of anilines is 2. The first-order chi connectivity index (χ1) is 8.82. The molecule has 1 unspecified atom stereocenters. The highest BCUT2D eigenvalue weighted by molar-refractivity contribution is 9.10. The van der Waals surface area contributed by atoms with Gasteiger partial charge in [-0.1, -0.05) is 13.8 Å². The zero-order valence-electron chi connectivity index (χ0n) is 11.5. The lowest BCUT2D eigenvalue weighted by Gasteiger charge is -2.31. The zero-order valence-corrected chi connectivity index (χ0v) is 13.0. The van der Waals surface area contributed by atoms with Gasteiger partial charge in [-0.25, -0.2) is 0 Å². The maximum absolute atomic E-state index is 11.6. The minimum Gasteiger partial charge on any atom is -0.371 e. The maximum atomic E-state index is 11.6. The van der Waals surface area contributed by atoms with Gasteiger partial charge in [-0.15, -0.1) is 0 Å². The van der Waals surface area contributed by atoms with Gasteiger partial charge >= 0.3 is 0 Å². The molecule has 102 valence electrons. The maximum Gasteiger partial charge on any atom is 0.296 e. The molecule has 5 heteroatoms. The van der Waals surface area contributed by atoms with Crippen molar-refractivity contribution >= 4 is 39.0 Å². The molecule has 0 fully saturated rings. The van der Waals surface area contributed by atoms with E-state index in [0.717, 1.165) is 10.2 Å². The van der Waals surface area contributed by atoms with Crippen LogP contribution in [0, 0.1) is 5.92 Å². The third-order valence-corrected chi connectivity index (χ3v) is 4.38. The Morgan fingerprint density at radius 1 is 1.21 bits per heavy atom. The average Bonchev–Trinajstić information content (AvgIpc) is 2.62. The quantitative estimate of drug-likeness (QED) is 0.869. The lowest BCUT2D eigenvalue weighted by molar-refractivity contribution is -0.112. The summed E-state index contributed by atoms with van der Waals surface area (Å²) in [4.78, 5) is 25.1. The van der Waals surface area contributed by atoms with Crippen molar-refractivity contribution in [3.8, 4) is 0 Å². The summed E-state index contributed by atoms with van der Waals surface area (Å²) in [6.45, 7) is 6.47. The highest BCUT2D eigenvalue weighted by Crippen LogP contribution is 2.36. The Labute approximate surface area is 121 Å². The third kappa shape index (κ3) is 2.39. The fourth-order valence-electron chi connectivity index (χ4n) is 2.09. The van der Waals surface area contributed by atoms with Crippen molar-refractivity contribution in [2.75, 3.05) is 17.3 Å². The number of nitrogens with one attached hydrogen (secondary N) is 1. The largest absolute Gasteiger partial charge is 0.371 e. The number of hydrogen-bond donors (Lipinski definition) is 1. The van der Waals surface area contributed by atoms with Crippen LogP contribution in [-0.2, 0) is 4.79 Å². The van der Waals surface area contributed by atoms with E-state index >= 15 is 0 Å². The first-order valence-electron chi connectivity index (χ1n) is 6.25. The lowest BCUT2D eigenvalue weighted by atomic mass is 10.0. The Morgan fingerprint density at radius 2 is 1.84 bits per heavy atom. The van der Waals surface area contributed by atoms with Crippen molar-refractivity contribution in [1.29, 1.82) is 0 Å². The summed E-state index contributed by atoms with van der Waals surface area (Å²) in [7, 11) is 2.01. The average molecular weight is 325 g/mol. The number of fused-ring (bicyclic) bond motifs is 1. The molecular weight excluding hydrogens is 308 g/mol. The van der Waals surface area contributed by atoms with E-state index in [2.05, 4.69) is 46.9 Å². The Kier molecular flexibility index (Phi) is 3.67. The Balaban J connectivity index is 2.42. The van der Waals surface area contributed by atoms with E-state index in [1.54, 1.807) is 6.07 Å². The van der Waals surface area contributed by atoms with Gasteiger partial charge in [-0.3, -0.25) is 9.59 Å². The third-order valence-electron chi connectivity index (χ3n) is 3.74. The number of nitrogens with zero attached hydrogens (tertiary/aromatic N) is 1. The molecule has 4 nitrogen and oxygen atoms in total. The highest BCUT2D eigenvalue weighted by atomic mass is 79.9. The summed E-state index contributed by atoms with van der Waals surface area (Å²) in [6, 6.07) is 3.91. The molecule has 1 aromatic carbocycles. The summed E-state index contributed by atoms with van der Waals surface area (Å²) in [5, 5.41) is 2.60. The second-order valence-corrected chi connectivity index (χ2v) is 6.08. The monoisotopic (exact) mass is 324 g/mol. The number of halogens is 1. The van der Waals surface area contributed by atoms with Crippen LogP contribution < -0.4 is 10.2 Å². The number of Topliss-reactive ketones (excluding diaryl/α,β-unsaturated/α-hetero) is 1. The van der Waals surface area contributed by atoms with Crippen molar-refractivity contribution in [1.82, 2.24) is 0 Å². The molecule has 1 aliphatic rings. The fraction of sp³-hybridized carbons (Fsp3) is 0.429. The molecule has 1 amide bonds. The van der Waals surface area contributed by atoms with E-state index in [-0.39, 0.29) is 0 Å². The first-order valence-corrected chi connectivity index (χ1v) is 7.04. The molecule has 0 aliphatic carbocycles. The van der Waals surface area contributed by atoms with Crippen LogP contribution >= 0.6 is 15.9 Å². The van der Waals surface area contributed by atoms with Crippen LogP contribution in [0.15, 0.2) is 16.6 Å². The summed E-state index contributed by atoms with van der Waals surface area (Å²) in [5.41, 5.74) is 2.00. The van der Waals surface area contributed by atoms with Crippen molar-refractivity contribution in [3.63, 3.8) is 0 Å². The second-order valence-electron chi connectivity index (χ2n) is 5.23. The van der Waals surface area contributed by atoms with Crippen LogP contribution in [0.4, 0.5) is 11.4 Å². The molecule has 1 aliphatic heterocycles. The normalized spacial score (nSPS) is 15.5. The van der Waals surface area contributed by atoms with Crippen LogP contribution in [-0.4, -0.2) is 24.8 Å².